The Hall–Kier alpha value is -0.220. The van der Waals surface area contributed by atoms with Gasteiger partial charge in [0.15, 0.2) is 0 Å². The van der Waals surface area contributed by atoms with Gasteiger partial charge < -0.3 is 11.5 Å². The number of amides is 1. The molecule has 0 bridgehead atoms. The van der Waals surface area contributed by atoms with Crippen LogP contribution in [0.1, 0.15) is 45.4 Å². The average Bonchev–Trinajstić information content (AvgIpc) is 2.19. The van der Waals surface area contributed by atoms with Crippen LogP contribution in [-0.2, 0) is 4.79 Å². The fourth-order valence-corrected chi connectivity index (χ4v) is 3.33. The molecule has 0 spiro atoms. The van der Waals surface area contributed by atoms with Crippen molar-refractivity contribution in [2.75, 3.05) is 5.75 Å². The number of primary amides is 1. The molecule has 0 heterocycles. The minimum atomic E-state index is -0.832. The molecule has 0 aromatic heterocycles. The molecule has 4 heteroatoms. The van der Waals surface area contributed by atoms with Crippen molar-refractivity contribution in [2.24, 2.45) is 11.5 Å². The van der Waals surface area contributed by atoms with E-state index in [1.165, 1.54) is 32.1 Å². The Morgan fingerprint density at radius 1 is 1.40 bits per heavy atom. The summed E-state index contributed by atoms with van der Waals surface area (Å²) < 4.78 is 0. The van der Waals surface area contributed by atoms with Crippen LogP contribution in [-0.4, -0.2) is 22.4 Å². The normalized spacial score (nSPS) is 22.3. The van der Waals surface area contributed by atoms with Crippen molar-refractivity contribution in [3.05, 3.63) is 0 Å². The summed E-state index contributed by atoms with van der Waals surface area (Å²) in [6.45, 7) is 1.72. The minimum Gasteiger partial charge on any atom is -0.368 e. The van der Waals surface area contributed by atoms with Crippen LogP contribution < -0.4 is 11.5 Å². The molecule has 0 aromatic carbocycles. The standard InChI is InChI=1S/C11H22N2OS/c1-11(13,10(12)14)7-8-15-9-5-3-2-4-6-9/h9H,2-8,13H2,1H3,(H2,12,14). The molecule has 1 atom stereocenters. The molecule has 1 rings (SSSR count). The van der Waals surface area contributed by atoms with Crippen molar-refractivity contribution >= 4 is 17.7 Å². The summed E-state index contributed by atoms with van der Waals surface area (Å²) in [5.74, 6) is 0.549. The first kappa shape index (κ1) is 12.8. The fourth-order valence-electron chi connectivity index (χ4n) is 1.79. The van der Waals surface area contributed by atoms with Crippen LogP contribution in [0.2, 0.25) is 0 Å². The van der Waals surface area contributed by atoms with E-state index in [2.05, 4.69) is 0 Å². The monoisotopic (exact) mass is 230 g/mol. The summed E-state index contributed by atoms with van der Waals surface area (Å²) in [7, 11) is 0. The fraction of sp³-hybridized carbons (Fsp3) is 0.909. The third kappa shape index (κ3) is 4.43. The van der Waals surface area contributed by atoms with Crippen LogP contribution in [0, 0.1) is 0 Å². The van der Waals surface area contributed by atoms with Gasteiger partial charge in [0.1, 0.15) is 0 Å². The molecule has 4 N–H and O–H groups in total. The lowest BCUT2D eigenvalue weighted by atomic mass is 10.00. The van der Waals surface area contributed by atoms with Gasteiger partial charge in [0.05, 0.1) is 5.54 Å². The van der Waals surface area contributed by atoms with Gasteiger partial charge in [-0.1, -0.05) is 19.3 Å². The van der Waals surface area contributed by atoms with Gasteiger partial charge in [-0.2, -0.15) is 11.8 Å². The van der Waals surface area contributed by atoms with Crippen LogP contribution in [0.15, 0.2) is 0 Å². The molecule has 0 radical (unpaired) electrons. The molecule has 1 unspecified atom stereocenters. The minimum absolute atomic E-state index is 0.397. The Bertz CT molecular complexity index is 213. The highest BCUT2D eigenvalue weighted by Crippen LogP contribution is 2.29. The van der Waals surface area contributed by atoms with Crippen LogP contribution in [0.25, 0.3) is 0 Å². The average molecular weight is 230 g/mol. The summed E-state index contributed by atoms with van der Waals surface area (Å²) in [6.07, 6.45) is 7.42. The maximum atomic E-state index is 11.0. The van der Waals surface area contributed by atoms with Crippen LogP contribution in [0.4, 0.5) is 0 Å². The smallest absolute Gasteiger partial charge is 0.237 e. The van der Waals surface area contributed by atoms with Gasteiger partial charge in [-0.15, -0.1) is 0 Å². The van der Waals surface area contributed by atoms with Gasteiger partial charge in [0.25, 0.3) is 0 Å². The molecule has 1 aliphatic carbocycles. The van der Waals surface area contributed by atoms with Gasteiger partial charge in [-0.05, 0) is 31.9 Å². The predicted octanol–water partition coefficient (Wildman–Crippen LogP) is 1.65. The second-order valence-corrected chi connectivity index (χ2v) is 6.07. The maximum Gasteiger partial charge on any atom is 0.237 e. The number of carbonyl (C=O) groups excluding carboxylic acids is 1. The van der Waals surface area contributed by atoms with Crippen molar-refractivity contribution in [3.8, 4) is 0 Å². The molecule has 1 saturated carbocycles. The molecule has 15 heavy (non-hydrogen) atoms. The zero-order valence-corrected chi connectivity index (χ0v) is 10.3. The van der Waals surface area contributed by atoms with E-state index in [1.807, 2.05) is 11.8 Å². The third-order valence-corrected chi connectivity index (χ3v) is 4.47. The van der Waals surface area contributed by atoms with E-state index in [0.717, 1.165) is 11.0 Å². The second-order valence-electron chi connectivity index (χ2n) is 4.66. The van der Waals surface area contributed by atoms with Gasteiger partial charge in [0.2, 0.25) is 5.91 Å². The number of nitrogens with two attached hydrogens (primary N) is 2. The molecular formula is C11H22N2OS. The molecular weight excluding hydrogens is 208 g/mol. The Kier molecular flexibility index (Phi) is 4.93. The van der Waals surface area contributed by atoms with Crippen molar-refractivity contribution in [3.63, 3.8) is 0 Å². The van der Waals surface area contributed by atoms with Crippen LogP contribution >= 0.6 is 11.8 Å². The molecule has 0 saturated heterocycles. The lowest BCUT2D eigenvalue weighted by Gasteiger charge is -2.24. The molecule has 0 aromatic rings. The van der Waals surface area contributed by atoms with Gasteiger partial charge in [0, 0.05) is 5.25 Å². The number of hydrogen-bond donors (Lipinski definition) is 2. The number of carbonyl (C=O) groups is 1. The first-order valence-corrected chi connectivity index (χ1v) is 6.77. The van der Waals surface area contributed by atoms with E-state index in [1.54, 1.807) is 6.92 Å². The van der Waals surface area contributed by atoms with E-state index >= 15 is 0 Å². The van der Waals surface area contributed by atoms with Gasteiger partial charge >= 0.3 is 0 Å². The quantitative estimate of drug-likeness (QED) is 0.754. The number of thioether (sulfide) groups is 1. The van der Waals surface area contributed by atoms with Crippen molar-refractivity contribution in [2.45, 2.75) is 56.2 Å². The summed E-state index contributed by atoms with van der Waals surface area (Å²) in [6, 6.07) is 0. The van der Waals surface area contributed by atoms with Gasteiger partial charge in [-0.3, -0.25) is 4.79 Å². The summed E-state index contributed by atoms with van der Waals surface area (Å²) in [4.78, 5) is 11.0. The molecule has 0 aliphatic heterocycles. The lowest BCUT2D eigenvalue weighted by Crippen LogP contribution is -2.49. The SMILES string of the molecule is CC(N)(CCSC1CCCCC1)C(N)=O. The van der Waals surface area contributed by atoms with Crippen LogP contribution in [0.3, 0.4) is 0 Å². The van der Waals surface area contributed by atoms with Gasteiger partial charge in [-0.25, -0.2) is 0 Å². The van der Waals surface area contributed by atoms with E-state index in [0.29, 0.717) is 6.42 Å². The second kappa shape index (κ2) is 5.75. The lowest BCUT2D eigenvalue weighted by molar-refractivity contribution is -0.122. The molecule has 1 amide bonds. The maximum absolute atomic E-state index is 11.0. The topological polar surface area (TPSA) is 69.1 Å². The summed E-state index contributed by atoms with van der Waals surface area (Å²) in [5.41, 5.74) is 10.2. The first-order chi connectivity index (χ1) is 7.02. The zero-order chi connectivity index (χ0) is 11.3. The first-order valence-electron chi connectivity index (χ1n) is 5.73. The van der Waals surface area contributed by atoms with Crippen LogP contribution in [0.5, 0.6) is 0 Å². The highest BCUT2D eigenvalue weighted by Gasteiger charge is 2.25. The Balaban J connectivity index is 2.17. The van der Waals surface area contributed by atoms with E-state index in [-0.39, 0.29) is 0 Å². The van der Waals surface area contributed by atoms with E-state index in [4.69, 9.17) is 11.5 Å². The molecule has 1 aliphatic rings. The Morgan fingerprint density at radius 2 is 2.00 bits per heavy atom. The Morgan fingerprint density at radius 3 is 2.53 bits per heavy atom. The predicted molar refractivity (Wildman–Crippen MR) is 65.7 cm³/mol. The molecule has 88 valence electrons. The van der Waals surface area contributed by atoms with E-state index in [9.17, 15) is 4.79 Å². The van der Waals surface area contributed by atoms with Crippen molar-refractivity contribution in [1.29, 1.82) is 0 Å². The number of rotatable bonds is 5. The number of hydrogen-bond acceptors (Lipinski definition) is 3. The molecule has 3 nitrogen and oxygen atoms in total. The summed E-state index contributed by atoms with van der Waals surface area (Å²) >= 11 is 1.95. The highest BCUT2D eigenvalue weighted by molar-refractivity contribution is 7.99. The Labute approximate surface area is 96.3 Å². The van der Waals surface area contributed by atoms with E-state index < -0.39 is 11.4 Å². The van der Waals surface area contributed by atoms with Crippen molar-refractivity contribution < 1.29 is 4.79 Å². The largest absolute Gasteiger partial charge is 0.368 e. The third-order valence-electron chi connectivity index (χ3n) is 3.09. The highest BCUT2D eigenvalue weighted by atomic mass is 32.2. The summed E-state index contributed by atoms with van der Waals surface area (Å²) in [5, 5.41) is 0.780. The molecule has 1 fully saturated rings. The zero-order valence-electron chi connectivity index (χ0n) is 9.50. The van der Waals surface area contributed by atoms with Crippen molar-refractivity contribution in [1.82, 2.24) is 0 Å².